The molecule has 0 bridgehead atoms. The average Bonchev–Trinajstić information content (AvgIpc) is 3.03. The number of hydrogen-bond acceptors (Lipinski definition) is 4. The van der Waals surface area contributed by atoms with E-state index in [0.717, 1.165) is 11.1 Å². The van der Waals surface area contributed by atoms with Gasteiger partial charge in [0, 0.05) is 25.4 Å². The summed E-state index contributed by atoms with van der Waals surface area (Å²) in [6, 6.07) is 6.16. The first-order valence-electron chi connectivity index (χ1n) is 9.18. The predicted molar refractivity (Wildman–Crippen MR) is 106 cm³/mol. The molecule has 0 aliphatic rings. The number of rotatable bonds is 5. The lowest BCUT2D eigenvalue weighted by atomic mass is 10.1. The number of carbonyl (C=O) groups is 1. The third-order valence-corrected chi connectivity index (χ3v) is 4.49. The maximum Gasteiger partial charge on any atom is 0.257 e. The molecule has 0 atom stereocenters. The Balaban J connectivity index is 1.97. The van der Waals surface area contributed by atoms with Crippen LogP contribution in [-0.4, -0.2) is 44.1 Å². The minimum absolute atomic E-state index is 0.0803. The number of amides is 1. The number of halogens is 1. The number of hydrogen-bond donors (Lipinski definition) is 0. The van der Waals surface area contributed by atoms with Gasteiger partial charge in [-0.1, -0.05) is 13.8 Å². The van der Waals surface area contributed by atoms with Crippen molar-refractivity contribution in [2.24, 2.45) is 5.92 Å². The lowest BCUT2D eigenvalue weighted by molar-refractivity contribution is 0.0778. The van der Waals surface area contributed by atoms with Gasteiger partial charge in [-0.2, -0.15) is 5.10 Å². The van der Waals surface area contributed by atoms with Crippen LogP contribution in [0.15, 0.2) is 36.7 Å². The maximum atomic E-state index is 13.2. The molecule has 0 saturated carbocycles. The van der Waals surface area contributed by atoms with Crippen molar-refractivity contribution in [2.75, 3.05) is 13.6 Å². The number of aromatic nitrogens is 4. The van der Waals surface area contributed by atoms with Crippen LogP contribution in [-0.2, 0) is 0 Å². The summed E-state index contributed by atoms with van der Waals surface area (Å²) in [6.07, 6.45) is 3.25. The first-order chi connectivity index (χ1) is 13.3. The first kappa shape index (κ1) is 19.7. The standard InChI is InChI=1S/C21H24FN5O/c1-13(2)12-26(5)20(28)18-11-24-27(15(18)4)21-23-10-14(3)19(25-21)16-6-8-17(22)9-7-16/h6-11,13H,12H2,1-5H3. The van der Waals surface area contributed by atoms with Gasteiger partial charge in [-0.25, -0.2) is 19.0 Å². The lowest BCUT2D eigenvalue weighted by Crippen LogP contribution is -2.30. The molecule has 0 unspecified atom stereocenters. The maximum absolute atomic E-state index is 13.2. The van der Waals surface area contributed by atoms with Gasteiger partial charge >= 0.3 is 0 Å². The van der Waals surface area contributed by atoms with Crippen molar-refractivity contribution in [1.82, 2.24) is 24.6 Å². The highest BCUT2D eigenvalue weighted by Crippen LogP contribution is 2.22. The molecule has 0 aliphatic carbocycles. The zero-order chi connectivity index (χ0) is 20.4. The summed E-state index contributed by atoms with van der Waals surface area (Å²) in [6.45, 7) is 8.52. The van der Waals surface area contributed by atoms with Crippen LogP contribution in [0.5, 0.6) is 0 Å². The second-order valence-corrected chi connectivity index (χ2v) is 7.34. The molecular weight excluding hydrogens is 357 g/mol. The van der Waals surface area contributed by atoms with E-state index in [2.05, 4.69) is 28.9 Å². The molecule has 146 valence electrons. The molecule has 28 heavy (non-hydrogen) atoms. The van der Waals surface area contributed by atoms with Crippen molar-refractivity contribution < 1.29 is 9.18 Å². The van der Waals surface area contributed by atoms with Gasteiger partial charge < -0.3 is 4.90 Å². The average molecular weight is 381 g/mol. The molecule has 7 heteroatoms. The fourth-order valence-electron chi connectivity index (χ4n) is 3.09. The molecule has 0 fully saturated rings. The number of nitrogens with zero attached hydrogens (tertiary/aromatic N) is 5. The van der Waals surface area contributed by atoms with Crippen LogP contribution in [0.2, 0.25) is 0 Å². The molecule has 1 amide bonds. The Kier molecular flexibility index (Phi) is 5.53. The largest absolute Gasteiger partial charge is 0.341 e. The molecule has 0 spiro atoms. The Morgan fingerprint density at radius 2 is 1.86 bits per heavy atom. The fourth-order valence-corrected chi connectivity index (χ4v) is 3.09. The van der Waals surface area contributed by atoms with Crippen molar-refractivity contribution >= 4 is 5.91 Å². The molecule has 0 N–H and O–H groups in total. The smallest absolute Gasteiger partial charge is 0.257 e. The summed E-state index contributed by atoms with van der Waals surface area (Å²) in [5.74, 6) is 0.367. The van der Waals surface area contributed by atoms with Gasteiger partial charge in [0.2, 0.25) is 0 Å². The van der Waals surface area contributed by atoms with Gasteiger partial charge in [-0.15, -0.1) is 0 Å². The van der Waals surface area contributed by atoms with E-state index in [-0.39, 0.29) is 11.7 Å². The number of aryl methyl sites for hydroxylation is 1. The Hall–Kier alpha value is -3.09. The SMILES string of the molecule is Cc1cnc(-n2ncc(C(=O)N(C)CC(C)C)c2C)nc1-c1ccc(F)cc1. The van der Waals surface area contributed by atoms with Gasteiger partial charge in [-0.05, 0) is 49.6 Å². The molecule has 0 saturated heterocycles. The third kappa shape index (κ3) is 3.93. The van der Waals surface area contributed by atoms with Gasteiger partial charge in [0.1, 0.15) is 5.82 Å². The quantitative estimate of drug-likeness (QED) is 0.674. The van der Waals surface area contributed by atoms with Gasteiger partial charge in [0.15, 0.2) is 0 Å². The molecule has 6 nitrogen and oxygen atoms in total. The van der Waals surface area contributed by atoms with E-state index < -0.39 is 0 Å². The second kappa shape index (κ2) is 7.88. The van der Waals surface area contributed by atoms with Gasteiger partial charge in [0.05, 0.1) is 23.1 Å². The summed E-state index contributed by atoms with van der Waals surface area (Å²) in [5.41, 5.74) is 3.56. The lowest BCUT2D eigenvalue weighted by Gasteiger charge is -2.19. The first-order valence-corrected chi connectivity index (χ1v) is 9.18. The number of carbonyl (C=O) groups excluding carboxylic acids is 1. The summed E-state index contributed by atoms with van der Waals surface area (Å²) in [7, 11) is 1.79. The molecule has 3 rings (SSSR count). The van der Waals surface area contributed by atoms with Crippen molar-refractivity contribution in [3.8, 4) is 17.2 Å². The zero-order valence-electron chi connectivity index (χ0n) is 16.8. The van der Waals surface area contributed by atoms with Crippen molar-refractivity contribution in [2.45, 2.75) is 27.7 Å². The number of benzene rings is 1. The fraction of sp³-hybridized carbons (Fsp3) is 0.333. The van der Waals surface area contributed by atoms with Crippen molar-refractivity contribution in [1.29, 1.82) is 0 Å². The molecule has 0 aliphatic heterocycles. The molecular formula is C21H24FN5O. The van der Waals surface area contributed by atoms with Crippen LogP contribution in [0.3, 0.4) is 0 Å². The summed E-state index contributed by atoms with van der Waals surface area (Å²) < 4.78 is 14.8. The van der Waals surface area contributed by atoms with Crippen LogP contribution in [0.4, 0.5) is 4.39 Å². The molecule has 3 aromatic rings. The normalized spacial score (nSPS) is 11.1. The van der Waals surface area contributed by atoms with E-state index in [1.165, 1.54) is 12.1 Å². The Morgan fingerprint density at radius 3 is 2.50 bits per heavy atom. The minimum Gasteiger partial charge on any atom is -0.341 e. The Morgan fingerprint density at radius 1 is 1.18 bits per heavy atom. The topological polar surface area (TPSA) is 63.9 Å². The van der Waals surface area contributed by atoms with Crippen LogP contribution in [0, 0.1) is 25.6 Å². The predicted octanol–water partition coefficient (Wildman–Crippen LogP) is 3.81. The van der Waals surface area contributed by atoms with E-state index in [0.29, 0.717) is 35.4 Å². The highest BCUT2D eigenvalue weighted by Gasteiger charge is 2.20. The van der Waals surface area contributed by atoms with Crippen LogP contribution in [0.1, 0.15) is 35.5 Å². The van der Waals surface area contributed by atoms with E-state index >= 15 is 0 Å². The van der Waals surface area contributed by atoms with Gasteiger partial charge in [0.25, 0.3) is 11.9 Å². The van der Waals surface area contributed by atoms with E-state index in [9.17, 15) is 9.18 Å². The van der Waals surface area contributed by atoms with Crippen LogP contribution < -0.4 is 0 Å². The Labute approximate surface area is 164 Å². The molecule has 2 aromatic heterocycles. The van der Waals surface area contributed by atoms with E-state index in [1.54, 1.807) is 41.2 Å². The van der Waals surface area contributed by atoms with Crippen LogP contribution in [0.25, 0.3) is 17.2 Å². The molecule has 0 radical (unpaired) electrons. The highest BCUT2D eigenvalue weighted by atomic mass is 19.1. The summed E-state index contributed by atoms with van der Waals surface area (Å²) in [5, 5.41) is 4.33. The highest BCUT2D eigenvalue weighted by molar-refractivity contribution is 5.95. The van der Waals surface area contributed by atoms with Crippen molar-refractivity contribution in [3.05, 3.63) is 59.3 Å². The van der Waals surface area contributed by atoms with Gasteiger partial charge in [-0.3, -0.25) is 4.79 Å². The second-order valence-electron chi connectivity index (χ2n) is 7.34. The van der Waals surface area contributed by atoms with Crippen LogP contribution >= 0.6 is 0 Å². The zero-order valence-corrected chi connectivity index (χ0v) is 16.8. The van der Waals surface area contributed by atoms with Crippen molar-refractivity contribution in [3.63, 3.8) is 0 Å². The summed E-state index contributed by atoms with van der Waals surface area (Å²) in [4.78, 5) is 23.4. The summed E-state index contributed by atoms with van der Waals surface area (Å²) >= 11 is 0. The minimum atomic E-state index is -0.299. The Bertz CT molecular complexity index is 995. The van der Waals surface area contributed by atoms with E-state index in [4.69, 9.17) is 0 Å². The molecule has 1 aromatic carbocycles. The van der Waals surface area contributed by atoms with E-state index in [1.807, 2.05) is 13.8 Å². The third-order valence-electron chi connectivity index (χ3n) is 4.49. The monoisotopic (exact) mass is 381 g/mol. The molecule has 2 heterocycles.